The number of hydrogen-bond donors (Lipinski definition) is 1. The van der Waals surface area contributed by atoms with E-state index < -0.39 is 0 Å². The first kappa shape index (κ1) is 12.8. The van der Waals surface area contributed by atoms with Gasteiger partial charge in [-0.25, -0.2) is 0 Å². The van der Waals surface area contributed by atoms with Crippen molar-refractivity contribution in [2.24, 2.45) is 0 Å². The fraction of sp³-hybridized carbons (Fsp3) is 0.125. The molecule has 0 saturated heterocycles. The van der Waals surface area contributed by atoms with Crippen LogP contribution in [0.3, 0.4) is 0 Å². The van der Waals surface area contributed by atoms with Crippen LogP contribution < -0.4 is 0 Å². The first-order chi connectivity index (χ1) is 5.15. The molecule has 61 valence electrons. The summed E-state index contributed by atoms with van der Waals surface area (Å²) in [6.07, 6.45) is 0.737. The summed E-state index contributed by atoms with van der Waals surface area (Å²) in [7, 11) is 0. The molecule has 0 saturated carbocycles. The maximum Gasteiger partial charge on any atom is 0.151 e. The number of carbonyl (C=O) groups is 1. The van der Waals surface area contributed by atoms with E-state index in [2.05, 4.69) is 22.6 Å². The van der Waals surface area contributed by atoms with Crippen LogP contribution in [0.5, 0.6) is 5.75 Å². The number of rotatable bonds is 1. The van der Waals surface area contributed by atoms with Crippen LogP contribution in [-0.4, -0.2) is 11.4 Å². The molecule has 1 aromatic rings. The molecule has 0 aliphatic heterocycles. The van der Waals surface area contributed by atoms with Crippen molar-refractivity contribution in [2.45, 2.75) is 6.92 Å². The van der Waals surface area contributed by atoms with Crippen molar-refractivity contribution in [1.82, 2.24) is 0 Å². The van der Waals surface area contributed by atoms with Gasteiger partial charge in [-0.2, -0.15) is 0 Å². The van der Waals surface area contributed by atoms with E-state index in [0.717, 1.165) is 15.4 Å². The van der Waals surface area contributed by atoms with E-state index in [1.165, 1.54) is 6.07 Å². The molecule has 4 heteroatoms. The Morgan fingerprint density at radius 1 is 1.50 bits per heavy atom. The molecular formula is C8H7IO2Pr. The van der Waals surface area contributed by atoms with Crippen molar-refractivity contribution in [3.63, 3.8) is 0 Å². The molecule has 2 nitrogen and oxygen atoms in total. The number of aldehydes is 1. The molecule has 0 aromatic heterocycles. The second-order valence-electron chi connectivity index (χ2n) is 2.28. The topological polar surface area (TPSA) is 37.3 Å². The molecule has 0 unspecified atom stereocenters. The maximum absolute atomic E-state index is 10.4. The number of aryl methyl sites for hydroxylation is 1. The van der Waals surface area contributed by atoms with Gasteiger partial charge in [0, 0.05) is 50.4 Å². The second kappa shape index (κ2) is 5.50. The first-order valence-corrected chi connectivity index (χ1v) is 4.17. The molecule has 0 aliphatic rings. The fourth-order valence-corrected chi connectivity index (χ4v) is 1.52. The Balaban J connectivity index is 0.00000121. The Labute approximate surface area is 118 Å². The molecule has 0 bridgehead atoms. The average molecular weight is 403 g/mol. The van der Waals surface area contributed by atoms with Gasteiger partial charge in [0.15, 0.2) is 6.29 Å². The Hall–Kier alpha value is 0.784. The maximum atomic E-state index is 10.4. The fourth-order valence-electron chi connectivity index (χ4n) is 0.768. The van der Waals surface area contributed by atoms with Crippen molar-refractivity contribution in [3.8, 4) is 5.75 Å². The summed E-state index contributed by atoms with van der Waals surface area (Å²) in [5.74, 6) is 0.174. The van der Waals surface area contributed by atoms with Gasteiger partial charge < -0.3 is 5.11 Å². The molecule has 1 rings (SSSR count). The first-order valence-electron chi connectivity index (χ1n) is 3.09. The molecule has 0 aliphatic carbocycles. The summed E-state index contributed by atoms with van der Waals surface area (Å²) < 4.78 is 0.868. The van der Waals surface area contributed by atoms with Crippen LogP contribution in [-0.2, 0) is 0 Å². The summed E-state index contributed by atoms with van der Waals surface area (Å²) in [5, 5.41) is 9.19. The summed E-state index contributed by atoms with van der Waals surface area (Å²) in [6, 6.07) is 3.25. The average Bonchev–Trinajstić information content (AvgIpc) is 1.97. The third kappa shape index (κ3) is 2.93. The van der Waals surface area contributed by atoms with Crippen molar-refractivity contribution in [1.29, 1.82) is 0 Å². The number of hydrogen-bond acceptors (Lipinski definition) is 2. The van der Waals surface area contributed by atoms with Crippen molar-refractivity contribution < 1.29 is 51.2 Å². The Kier molecular flexibility index (Phi) is 5.86. The van der Waals surface area contributed by atoms with E-state index in [0.29, 0.717) is 5.56 Å². The summed E-state index contributed by atoms with van der Waals surface area (Å²) in [5.41, 5.74) is 1.33. The number of phenolic OH excluding ortho intramolecular Hbond substituents is 1. The molecule has 0 spiro atoms. The number of phenols is 1. The minimum Gasteiger partial charge on any atom is -0.508 e. The molecule has 12 heavy (non-hydrogen) atoms. The molecule has 0 heterocycles. The predicted molar refractivity (Wildman–Crippen MR) is 50.9 cm³/mol. The molecule has 0 fully saturated rings. The largest absolute Gasteiger partial charge is 0.508 e. The molecule has 1 aromatic carbocycles. The standard InChI is InChI=1S/C8H7IO2.Pr/c1-5-2-7(9)6(4-10)3-8(5)11;/h2-4,11H,1H3;. The smallest absolute Gasteiger partial charge is 0.151 e. The van der Waals surface area contributed by atoms with E-state index in [1.807, 2.05) is 0 Å². The van der Waals surface area contributed by atoms with E-state index in [1.54, 1.807) is 13.0 Å². The second-order valence-corrected chi connectivity index (χ2v) is 3.44. The Morgan fingerprint density at radius 3 is 2.58 bits per heavy atom. The zero-order valence-electron chi connectivity index (χ0n) is 6.54. The van der Waals surface area contributed by atoms with Crippen LogP contribution in [0, 0.1) is 51.8 Å². The predicted octanol–water partition coefficient (Wildman–Crippen LogP) is 2.12. The van der Waals surface area contributed by atoms with E-state index >= 15 is 0 Å². The van der Waals surface area contributed by atoms with Gasteiger partial charge in [0.1, 0.15) is 5.75 Å². The van der Waals surface area contributed by atoms with Crippen molar-refractivity contribution in [2.75, 3.05) is 0 Å². The summed E-state index contributed by atoms with van der Waals surface area (Å²) in [4.78, 5) is 10.4. The van der Waals surface area contributed by atoms with Gasteiger partial charge in [0.2, 0.25) is 0 Å². The molecule has 1 N–H and O–H groups in total. The number of aromatic hydroxyl groups is 1. The van der Waals surface area contributed by atoms with Crippen LogP contribution in [0.4, 0.5) is 0 Å². The van der Waals surface area contributed by atoms with Crippen LogP contribution >= 0.6 is 22.6 Å². The van der Waals surface area contributed by atoms with E-state index in [9.17, 15) is 9.90 Å². The number of halogens is 1. The summed E-state index contributed by atoms with van der Waals surface area (Å²) >= 11 is 2.06. The van der Waals surface area contributed by atoms with Gasteiger partial charge in [0.05, 0.1) is 0 Å². The molecule has 0 amide bonds. The van der Waals surface area contributed by atoms with Crippen LogP contribution in [0.1, 0.15) is 15.9 Å². The van der Waals surface area contributed by atoms with Crippen LogP contribution in [0.25, 0.3) is 0 Å². The third-order valence-corrected chi connectivity index (χ3v) is 2.38. The molecule has 0 atom stereocenters. The number of benzene rings is 1. The minimum absolute atomic E-state index is 0. The number of carbonyl (C=O) groups excluding carboxylic acids is 1. The van der Waals surface area contributed by atoms with Gasteiger partial charge in [-0.3, -0.25) is 4.79 Å². The van der Waals surface area contributed by atoms with Gasteiger partial charge in [-0.1, -0.05) is 0 Å². The molecule has 1 radical (unpaired) electrons. The van der Waals surface area contributed by atoms with E-state index in [-0.39, 0.29) is 47.0 Å². The van der Waals surface area contributed by atoms with E-state index in [4.69, 9.17) is 0 Å². The van der Waals surface area contributed by atoms with Gasteiger partial charge >= 0.3 is 0 Å². The van der Waals surface area contributed by atoms with Crippen LogP contribution in [0.15, 0.2) is 12.1 Å². The van der Waals surface area contributed by atoms with Gasteiger partial charge in [-0.05, 0) is 47.2 Å². The van der Waals surface area contributed by atoms with Crippen molar-refractivity contribution >= 4 is 28.9 Å². The summed E-state index contributed by atoms with van der Waals surface area (Å²) in [6.45, 7) is 1.80. The third-order valence-electron chi connectivity index (χ3n) is 1.44. The van der Waals surface area contributed by atoms with Crippen molar-refractivity contribution in [3.05, 3.63) is 26.8 Å². The minimum atomic E-state index is 0. The van der Waals surface area contributed by atoms with Gasteiger partial charge in [-0.15, -0.1) is 0 Å². The molecular weight excluding hydrogens is 396 g/mol. The Morgan fingerprint density at radius 2 is 2.08 bits per heavy atom. The normalized spacial score (nSPS) is 8.83. The monoisotopic (exact) mass is 403 g/mol. The Bertz CT molecular complexity index is 299. The van der Waals surface area contributed by atoms with Gasteiger partial charge in [0.25, 0.3) is 0 Å². The zero-order chi connectivity index (χ0) is 8.43. The van der Waals surface area contributed by atoms with Crippen LogP contribution in [0.2, 0.25) is 0 Å². The quantitative estimate of drug-likeness (QED) is 0.577. The zero-order valence-corrected chi connectivity index (χ0v) is 12.4. The SMILES string of the molecule is Cc1cc(I)c(C=O)cc1O.[Pr].